The van der Waals surface area contributed by atoms with Crippen molar-refractivity contribution in [2.45, 2.75) is 302 Å². The first kappa shape index (κ1) is 63.3. The Balaban J connectivity index is 0.000000152. The Morgan fingerprint density at radius 2 is 0.846 bits per heavy atom. The van der Waals surface area contributed by atoms with Crippen LogP contribution in [0.3, 0.4) is 0 Å². The minimum Gasteiger partial charge on any atom is -0.458 e. The summed E-state index contributed by atoms with van der Waals surface area (Å²) in [7, 11) is 0. The van der Waals surface area contributed by atoms with Gasteiger partial charge in [0.2, 0.25) is 0 Å². The zero-order chi connectivity index (χ0) is 57.3. The predicted octanol–water partition coefficient (Wildman–Crippen LogP) is 16.0. The molecule has 11 saturated carbocycles. The maximum atomic E-state index is 12.2. The van der Waals surface area contributed by atoms with E-state index in [1.165, 1.54) is 96.3 Å². The summed E-state index contributed by atoms with van der Waals surface area (Å²) in [4.78, 5) is 48.5. The van der Waals surface area contributed by atoms with E-state index in [1.807, 2.05) is 104 Å². The van der Waals surface area contributed by atoms with Crippen molar-refractivity contribution in [2.75, 3.05) is 0 Å². The Labute approximate surface area is 474 Å². The van der Waals surface area contributed by atoms with Crippen molar-refractivity contribution >= 4 is 23.9 Å². The summed E-state index contributed by atoms with van der Waals surface area (Å²) in [5.41, 5.74) is -1.76. The lowest BCUT2D eigenvalue weighted by atomic mass is 9.55. The number of hydrogen-bond acceptors (Lipinski definition) is 11. The number of rotatable bonds is 19. The van der Waals surface area contributed by atoms with E-state index in [2.05, 4.69) is 13.8 Å². The normalized spacial score (nSPS) is 35.6. The molecule has 11 aliphatic carbocycles. The highest BCUT2D eigenvalue weighted by Crippen LogP contribution is 2.68. The second-order valence-corrected chi connectivity index (χ2v) is 30.1. The highest BCUT2D eigenvalue weighted by molar-refractivity contribution is 5.77. The standard InChI is InChI=1S/C20H32O3.C18H30O3.C15H26O3.C14H26O2/c1-5-20(3,4)19(21)23-11(2)22-16-10-14-9-15(16)18-13-7-6-12(8-13)17(14)18;1-5-18(3,4)17(19)21-11(2)20-16-14-7-12-6-13(9-14)10-15(16)8-12;1-5-15(3,4)14(16)18-10(2)17-13-9-11-6-7-12(13)8-11;1-6-13(4,5)12(15)16-14(11(2)3)9-7-8-10-14/h11-18H,5-10H2,1-4H3;11-16H,5-10H2,1-4H3;10-13H,5-9H2,1-4H3;11H,6-10H2,1-5H3. The van der Waals surface area contributed by atoms with Gasteiger partial charge in [-0.3, -0.25) is 19.2 Å². The lowest BCUT2D eigenvalue weighted by Crippen LogP contribution is -2.50. The minimum atomic E-state index is -0.415. The van der Waals surface area contributed by atoms with Crippen molar-refractivity contribution < 1.29 is 52.3 Å². The fourth-order valence-corrected chi connectivity index (χ4v) is 16.5. The van der Waals surface area contributed by atoms with Crippen molar-refractivity contribution in [3.63, 3.8) is 0 Å². The lowest BCUT2D eigenvalue weighted by Gasteiger charge is -2.54. The van der Waals surface area contributed by atoms with Crippen LogP contribution in [0.5, 0.6) is 0 Å². The molecule has 0 N–H and O–H groups in total. The molecule has 0 aromatic carbocycles. The van der Waals surface area contributed by atoms with Crippen LogP contribution in [0.2, 0.25) is 0 Å². The van der Waals surface area contributed by atoms with E-state index in [-0.39, 0.29) is 34.9 Å². The summed E-state index contributed by atoms with van der Waals surface area (Å²) < 4.78 is 40.8. The molecule has 0 aromatic heterocycles. The average molecular weight is 1100 g/mol. The van der Waals surface area contributed by atoms with Crippen molar-refractivity contribution in [3.05, 3.63) is 0 Å². The lowest BCUT2D eigenvalue weighted by molar-refractivity contribution is -0.224. The Bertz CT molecular complexity index is 1970. The monoisotopic (exact) mass is 1090 g/mol. The van der Waals surface area contributed by atoms with Crippen LogP contribution in [0, 0.1) is 98.6 Å². The molecule has 78 heavy (non-hydrogen) atoms. The van der Waals surface area contributed by atoms with E-state index in [4.69, 9.17) is 33.2 Å². The minimum absolute atomic E-state index is 0.0226. The molecule has 448 valence electrons. The third kappa shape index (κ3) is 14.6. The summed E-state index contributed by atoms with van der Waals surface area (Å²) in [6.45, 7) is 33.6. The average Bonchev–Trinajstić information content (AvgIpc) is 4.43. The summed E-state index contributed by atoms with van der Waals surface area (Å²) in [5, 5.41) is 0. The second-order valence-electron chi connectivity index (χ2n) is 30.1. The smallest absolute Gasteiger partial charge is 0.313 e. The van der Waals surface area contributed by atoms with Gasteiger partial charge < -0.3 is 33.2 Å². The van der Waals surface area contributed by atoms with Crippen LogP contribution < -0.4 is 0 Å². The number of carbonyl (C=O) groups excluding carboxylic acids is 4. The molecule has 11 rings (SSSR count). The molecular formula is C67H114O11. The van der Waals surface area contributed by atoms with Gasteiger partial charge in [0, 0.05) is 0 Å². The molecule has 11 nitrogen and oxygen atoms in total. The molecule has 0 amide bonds. The number of ether oxygens (including phenoxy) is 7. The number of carbonyl (C=O) groups is 4. The van der Waals surface area contributed by atoms with E-state index in [1.54, 1.807) is 0 Å². The molecular weight excluding hydrogens is 981 g/mol. The summed E-state index contributed by atoms with van der Waals surface area (Å²) in [5.74, 6) is 10.4. The topological polar surface area (TPSA) is 133 Å². The first-order valence-electron chi connectivity index (χ1n) is 32.4. The molecule has 0 saturated heterocycles. The van der Waals surface area contributed by atoms with Gasteiger partial charge in [-0.25, -0.2) is 0 Å². The van der Waals surface area contributed by atoms with Gasteiger partial charge in [0.1, 0.15) is 5.60 Å². The fraction of sp³-hybridized carbons (Fsp3) is 0.940. The van der Waals surface area contributed by atoms with Gasteiger partial charge in [-0.15, -0.1) is 0 Å². The zero-order valence-corrected chi connectivity index (χ0v) is 52.5. The molecule has 13 unspecified atom stereocenters. The van der Waals surface area contributed by atoms with Gasteiger partial charge in [-0.1, -0.05) is 41.5 Å². The SMILES string of the molecule is CCC(C)(C)C(=O)OC(C)OC1C2CC3CC(C2)CC1C3.CCC(C)(C)C(=O)OC(C)OC1CC2CC1C1C3CCC(C3)C21.CCC(C)(C)C(=O)OC(C)OC1CC2CCC1C2.CCC(C)(C)C(=O)OC1(C(C)C)CCCC1. The van der Waals surface area contributed by atoms with Crippen LogP contribution in [0.1, 0.15) is 259 Å². The summed E-state index contributed by atoms with van der Waals surface area (Å²) >= 11 is 0. The number of esters is 4. The van der Waals surface area contributed by atoms with Gasteiger partial charge in [0.05, 0.1) is 40.0 Å². The van der Waals surface area contributed by atoms with Gasteiger partial charge in [0.25, 0.3) is 0 Å². The Morgan fingerprint density at radius 1 is 0.423 bits per heavy atom. The molecule has 10 bridgehead atoms. The van der Waals surface area contributed by atoms with Crippen LogP contribution in [0.15, 0.2) is 0 Å². The van der Waals surface area contributed by atoms with Crippen LogP contribution >= 0.6 is 0 Å². The van der Waals surface area contributed by atoms with Crippen molar-refractivity contribution in [3.8, 4) is 0 Å². The highest BCUT2D eigenvalue weighted by Gasteiger charge is 2.63. The van der Waals surface area contributed by atoms with E-state index in [9.17, 15) is 19.2 Å². The molecule has 11 heteroatoms. The highest BCUT2D eigenvalue weighted by atomic mass is 16.7. The Hall–Kier alpha value is -2.24. The molecule has 0 spiro atoms. The predicted molar refractivity (Wildman–Crippen MR) is 306 cm³/mol. The summed E-state index contributed by atoms with van der Waals surface area (Å²) in [6, 6.07) is 0. The van der Waals surface area contributed by atoms with E-state index in [0.717, 1.165) is 98.2 Å². The molecule has 13 atom stereocenters. The second kappa shape index (κ2) is 25.7. The largest absolute Gasteiger partial charge is 0.458 e. The third-order valence-electron chi connectivity index (χ3n) is 22.9. The maximum absolute atomic E-state index is 12.2. The number of hydrogen-bond donors (Lipinski definition) is 0. The van der Waals surface area contributed by atoms with Crippen LogP contribution in [0.25, 0.3) is 0 Å². The van der Waals surface area contributed by atoms with Crippen molar-refractivity contribution in [2.24, 2.45) is 98.6 Å². The van der Waals surface area contributed by atoms with Gasteiger partial charge in [-0.05, 0) is 294 Å². The van der Waals surface area contributed by atoms with E-state index >= 15 is 0 Å². The van der Waals surface area contributed by atoms with Crippen molar-refractivity contribution in [1.82, 2.24) is 0 Å². The maximum Gasteiger partial charge on any atom is 0.313 e. The quantitative estimate of drug-likeness (QED) is 0.0530. The fourth-order valence-electron chi connectivity index (χ4n) is 16.5. The zero-order valence-electron chi connectivity index (χ0n) is 52.5. The van der Waals surface area contributed by atoms with Crippen molar-refractivity contribution in [1.29, 1.82) is 0 Å². The summed E-state index contributed by atoms with van der Waals surface area (Å²) in [6.07, 6.45) is 26.3. The first-order valence-corrected chi connectivity index (χ1v) is 32.4. The van der Waals surface area contributed by atoms with E-state index < -0.39 is 35.1 Å². The van der Waals surface area contributed by atoms with Gasteiger partial charge in [0.15, 0.2) is 18.9 Å². The van der Waals surface area contributed by atoms with Crippen LogP contribution in [-0.2, 0) is 52.3 Å². The molecule has 11 fully saturated rings. The Kier molecular flexibility index (Phi) is 20.9. The molecule has 0 aromatic rings. The third-order valence-corrected chi connectivity index (χ3v) is 22.9. The van der Waals surface area contributed by atoms with Gasteiger partial charge in [-0.2, -0.15) is 0 Å². The van der Waals surface area contributed by atoms with E-state index in [0.29, 0.717) is 42.0 Å². The van der Waals surface area contributed by atoms with Crippen LogP contribution in [-0.4, -0.2) is 66.7 Å². The first-order chi connectivity index (χ1) is 36.5. The molecule has 11 aliphatic rings. The Morgan fingerprint density at radius 3 is 1.28 bits per heavy atom. The van der Waals surface area contributed by atoms with Crippen LogP contribution in [0.4, 0.5) is 0 Å². The molecule has 0 heterocycles. The molecule has 0 aliphatic heterocycles. The molecule has 0 radical (unpaired) electrons. The number of fused-ring (bicyclic) bond motifs is 11. The van der Waals surface area contributed by atoms with Gasteiger partial charge >= 0.3 is 23.9 Å².